The van der Waals surface area contributed by atoms with Crippen molar-refractivity contribution in [2.24, 2.45) is 0 Å². The molecular weight excluding hydrogens is 252 g/mol. The monoisotopic (exact) mass is 282 g/mol. The standard InChI is InChI=1S/C16H30N2O2/c1-4-16(13-17,18-14(2)3)9-7-10-19-12-15-8-5-6-11-20-15/h14-15,18H,4-12H2,1-3H3. The molecule has 1 rings (SSSR count). The zero-order valence-electron chi connectivity index (χ0n) is 13.3. The summed E-state index contributed by atoms with van der Waals surface area (Å²) in [6.45, 7) is 8.51. The first-order valence-electron chi connectivity index (χ1n) is 8.00. The summed E-state index contributed by atoms with van der Waals surface area (Å²) >= 11 is 0. The molecule has 20 heavy (non-hydrogen) atoms. The largest absolute Gasteiger partial charge is 0.379 e. The van der Waals surface area contributed by atoms with E-state index in [-0.39, 0.29) is 6.10 Å². The molecule has 0 spiro atoms. The molecule has 1 aliphatic rings. The fourth-order valence-electron chi connectivity index (χ4n) is 2.70. The third-order valence-corrected chi connectivity index (χ3v) is 3.85. The minimum absolute atomic E-state index is 0.282. The van der Waals surface area contributed by atoms with Crippen LogP contribution in [0.2, 0.25) is 0 Å². The van der Waals surface area contributed by atoms with Crippen molar-refractivity contribution in [1.29, 1.82) is 5.26 Å². The lowest BCUT2D eigenvalue weighted by Gasteiger charge is -2.29. The van der Waals surface area contributed by atoms with E-state index in [4.69, 9.17) is 9.47 Å². The number of rotatable bonds is 9. The molecule has 4 heteroatoms. The van der Waals surface area contributed by atoms with Gasteiger partial charge in [0.15, 0.2) is 0 Å². The van der Waals surface area contributed by atoms with E-state index in [0.717, 1.165) is 32.3 Å². The van der Waals surface area contributed by atoms with Gasteiger partial charge in [0.25, 0.3) is 0 Å². The molecular formula is C16H30N2O2. The van der Waals surface area contributed by atoms with Crippen molar-refractivity contribution in [3.63, 3.8) is 0 Å². The van der Waals surface area contributed by atoms with Gasteiger partial charge in [-0.2, -0.15) is 5.26 Å². The number of nitrogens with zero attached hydrogens (tertiary/aromatic N) is 1. The SMILES string of the molecule is CCC(C#N)(CCCOCC1CCCCO1)NC(C)C. The molecule has 1 saturated heterocycles. The molecule has 0 aliphatic carbocycles. The molecule has 0 aromatic carbocycles. The predicted molar refractivity (Wildman–Crippen MR) is 80.6 cm³/mol. The molecule has 0 saturated carbocycles. The zero-order chi connectivity index (χ0) is 14.8. The Morgan fingerprint density at radius 1 is 1.45 bits per heavy atom. The van der Waals surface area contributed by atoms with Crippen molar-refractivity contribution in [1.82, 2.24) is 5.32 Å². The number of hydrogen-bond acceptors (Lipinski definition) is 4. The van der Waals surface area contributed by atoms with Crippen molar-refractivity contribution >= 4 is 0 Å². The summed E-state index contributed by atoms with van der Waals surface area (Å²) in [7, 11) is 0. The molecule has 116 valence electrons. The summed E-state index contributed by atoms with van der Waals surface area (Å²) < 4.78 is 11.3. The average Bonchev–Trinajstić information content (AvgIpc) is 2.46. The molecule has 0 bridgehead atoms. The summed E-state index contributed by atoms with van der Waals surface area (Å²) in [5.74, 6) is 0. The zero-order valence-corrected chi connectivity index (χ0v) is 13.3. The van der Waals surface area contributed by atoms with Gasteiger partial charge < -0.3 is 9.47 Å². The van der Waals surface area contributed by atoms with E-state index in [1.54, 1.807) is 0 Å². The van der Waals surface area contributed by atoms with Crippen molar-refractivity contribution < 1.29 is 9.47 Å². The fourth-order valence-corrected chi connectivity index (χ4v) is 2.70. The van der Waals surface area contributed by atoms with E-state index in [9.17, 15) is 5.26 Å². The Bertz CT molecular complexity index is 295. The normalized spacial score (nSPS) is 22.4. The van der Waals surface area contributed by atoms with Gasteiger partial charge in [-0.25, -0.2) is 0 Å². The summed E-state index contributed by atoms with van der Waals surface area (Å²) in [4.78, 5) is 0. The van der Waals surface area contributed by atoms with Gasteiger partial charge in [0, 0.05) is 19.3 Å². The van der Waals surface area contributed by atoms with E-state index in [2.05, 4.69) is 32.2 Å². The molecule has 1 fully saturated rings. The van der Waals surface area contributed by atoms with Gasteiger partial charge in [-0.1, -0.05) is 6.92 Å². The van der Waals surface area contributed by atoms with Crippen molar-refractivity contribution in [3.05, 3.63) is 0 Å². The Morgan fingerprint density at radius 3 is 2.80 bits per heavy atom. The number of nitriles is 1. The minimum atomic E-state index is -0.404. The topological polar surface area (TPSA) is 54.3 Å². The van der Waals surface area contributed by atoms with E-state index in [1.807, 2.05) is 0 Å². The number of nitrogens with one attached hydrogen (secondary N) is 1. The minimum Gasteiger partial charge on any atom is -0.379 e. The lowest BCUT2D eigenvalue weighted by molar-refractivity contribution is -0.0415. The maximum absolute atomic E-state index is 9.41. The van der Waals surface area contributed by atoms with Crippen molar-refractivity contribution in [2.45, 2.75) is 77.0 Å². The van der Waals surface area contributed by atoms with Gasteiger partial charge in [0.1, 0.15) is 5.54 Å². The first-order chi connectivity index (χ1) is 9.62. The molecule has 0 amide bonds. The highest BCUT2D eigenvalue weighted by atomic mass is 16.5. The maximum atomic E-state index is 9.41. The second-order valence-corrected chi connectivity index (χ2v) is 6.01. The van der Waals surface area contributed by atoms with Gasteiger partial charge in [0.2, 0.25) is 0 Å². The average molecular weight is 282 g/mol. The van der Waals surface area contributed by atoms with Crippen LogP contribution < -0.4 is 5.32 Å². The predicted octanol–water partition coefficient (Wildman–Crippen LogP) is 3.02. The summed E-state index contributed by atoms with van der Waals surface area (Å²) in [6.07, 6.45) is 6.40. The van der Waals surface area contributed by atoms with Crippen LogP contribution >= 0.6 is 0 Å². The van der Waals surface area contributed by atoms with Crippen LogP contribution in [0.4, 0.5) is 0 Å². The van der Waals surface area contributed by atoms with Gasteiger partial charge in [-0.05, 0) is 52.4 Å². The van der Waals surface area contributed by atoms with Crippen LogP contribution in [0.5, 0.6) is 0 Å². The summed E-state index contributed by atoms with van der Waals surface area (Å²) in [5, 5.41) is 12.8. The highest BCUT2D eigenvalue weighted by molar-refractivity contribution is 5.06. The van der Waals surface area contributed by atoms with Crippen LogP contribution in [0.3, 0.4) is 0 Å². The van der Waals surface area contributed by atoms with Crippen LogP contribution in [0, 0.1) is 11.3 Å². The first-order valence-corrected chi connectivity index (χ1v) is 8.00. The molecule has 2 unspecified atom stereocenters. The second-order valence-electron chi connectivity index (χ2n) is 6.01. The smallest absolute Gasteiger partial charge is 0.106 e. The van der Waals surface area contributed by atoms with E-state index < -0.39 is 5.54 Å². The molecule has 0 radical (unpaired) electrons. The molecule has 4 nitrogen and oxygen atoms in total. The van der Waals surface area contributed by atoms with Crippen LogP contribution in [0.25, 0.3) is 0 Å². The van der Waals surface area contributed by atoms with Gasteiger partial charge in [-0.15, -0.1) is 0 Å². The van der Waals surface area contributed by atoms with Gasteiger partial charge in [0.05, 0.1) is 18.8 Å². The molecule has 0 aromatic heterocycles. The van der Waals surface area contributed by atoms with Crippen molar-refractivity contribution in [3.8, 4) is 6.07 Å². The van der Waals surface area contributed by atoms with Gasteiger partial charge >= 0.3 is 0 Å². The molecule has 1 N–H and O–H groups in total. The maximum Gasteiger partial charge on any atom is 0.106 e. The second kappa shape index (κ2) is 9.33. The van der Waals surface area contributed by atoms with E-state index >= 15 is 0 Å². The van der Waals surface area contributed by atoms with Gasteiger partial charge in [-0.3, -0.25) is 5.32 Å². The lowest BCUT2D eigenvalue weighted by Crippen LogP contribution is -2.47. The van der Waals surface area contributed by atoms with E-state index in [0.29, 0.717) is 19.3 Å². The Hall–Kier alpha value is -0.630. The Labute approximate surface area is 123 Å². The molecule has 1 heterocycles. The molecule has 2 atom stereocenters. The molecule has 0 aromatic rings. The Balaban J connectivity index is 2.18. The van der Waals surface area contributed by atoms with Crippen molar-refractivity contribution in [2.75, 3.05) is 19.8 Å². The van der Waals surface area contributed by atoms with Crippen LogP contribution in [0.15, 0.2) is 0 Å². The third kappa shape index (κ3) is 6.21. The number of hydrogen-bond donors (Lipinski definition) is 1. The van der Waals surface area contributed by atoms with Crippen LogP contribution in [0.1, 0.15) is 59.3 Å². The third-order valence-electron chi connectivity index (χ3n) is 3.85. The van der Waals surface area contributed by atoms with Crippen LogP contribution in [-0.4, -0.2) is 37.5 Å². The molecule has 1 aliphatic heterocycles. The lowest BCUT2D eigenvalue weighted by atomic mass is 9.91. The highest BCUT2D eigenvalue weighted by Crippen LogP contribution is 2.18. The highest BCUT2D eigenvalue weighted by Gasteiger charge is 2.27. The quantitative estimate of drug-likeness (QED) is 0.660. The first kappa shape index (κ1) is 17.4. The van der Waals surface area contributed by atoms with E-state index in [1.165, 1.54) is 12.8 Å². The number of ether oxygens (including phenoxy) is 2. The van der Waals surface area contributed by atoms with Crippen LogP contribution in [-0.2, 0) is 9.47 Å². The Morgan fingerprint density at radius 2 is 2.25 bits per heavy atom. The summed E-state index contributed by atoms with van der Waals surface area (Å²) in [6, 6.07) is 2.77. The fraction of sp³-hybridized carbons (Fsp3) is 0.938. The summed E-state index contributed by atoms with van der Waals surface area (Å²) in [5.41, 5.74) is -0.404. The Kier molecular flexibility index (Phi) is 8.13.